The van der Waals surface area contributed by atoms with Crippen LogP contribution in [0.3, 0.4) is 0 Å². The standard InChI is InChI=1S/C17H28N2/c1-3-18-17(16-11-6-5-7-12-16)14-19(4-2)13-15-9-8-10-15/h5-7,11-12,15,17-18H,3-4,8-10,13-14H2,1-2H3. The van der Waals surface area contributed by atoms with Gasteiger partial charge in [0.15, 0.2) is 0 Å². The molecule has 1 aliphatic rings. The molecule has 1 saturated carbocycles. The van der Waals surface area contributed by atoms with Crippen molar-refractivity contribution >= 4 is 0 Å². The van der Waals surface area contributed by atoms with Gasteiger partial charge < -0.3 is 10.2 Å². The fraction of sp³-hybridized carbons (Fsp3) is 0.647. The summed E-state index contributed by atoms with van der Waals surface area (Å²) in [5.74, 6) is 0.956. The van der Waals surface area contributed by atoms with Gasteiger partial charge in [-0.3, -0.25) is 0 Å². The van der Waals surface area contributed by atoms with E-state index in [1.807, 2.05) is 0 Å². The maximum Gasteiger partial charge on any atom is 0.0449 e. The maximum absolute atomic E-state index is 3.63. The third-order valence-electron chi connectivity index (χ3n) is 4.28. The minimum atomic E-state index is 0.464. The first-order valence-electron chi connectivity index (χ1n) is 7.84. The molecule has 1 fully saturated rings. The summed E-state index contributed by atoms with van der Waals surface area (Å²) < 4.78 is 0. The van der Waals surface area contributed by atoms with E-state index in [2.05, 4.69) is 54.4 Å². The number of benzene rings is 1. The average molecular weight is 260 g/mol. The van der Waals surface area contributed by atoms with Crippen molar-refractivity contribution in [3.05, 3.63) is 35.9 Å². The molecule has 0 radical (unpaired) electrons. The van der Waals surface area contributed by atoms with Gasteiger partial charge in [0, 0.05) is 19.1 Å². The van der Waals surface area contributed by atoms with E-state index in [1.54, 1.807) is 0 Å². The number of nitrogens with zero attached hydrogens (tertiary/aromatic N) is 1. The highest BCUT2D eigenvalue weighted by molar-refractivity contribution is 5.19. The highest BCUT2D eigenvalue weighted by Gasteiger charge is 2.22. The molecule has 1 aromatic carbocycles. The second-order valence-corrected chi connectivity index (χ2v) is 5.67. The molecule has 1 aliphatic carbocycles. The van der Waals surface area contributed by atoms with Crippen molar-refractivity contribution in [1.82, 2.24) is 10.2 Å². The largest absolute Gasteiger partial charge is 0.309 e. The van der Waals surface area contributed by atoms with Crippen molar-refractivity contribution < 1.29 is 0 Å². The molecule has 1 atom stereocenters. The van der Waals surface area contributed by atoms with Gasteiger partial charge in [-0.25, -0.2) is 0 Å². The van der Waals surface area contributed by atoms with Crippen LogP contribution in [0.5, 0.6) is 0 Å². The molecule has 0 spiro atoms. The first-order valence-corrected chi connectivity index (χ1v) is 7.84. The molecule has 1 aromatic rings. The van der Waals surface area contributed by atoms with Crippen LogP contribution >= 0.6 is 0 Å². The van der Waals surface area contributed by atoms with Crippen LogP contribution in [-0.2, 0) is 0 Å². The van der Waals surface area contributed by atoms with Crippen molar-refractivity contribution in [2.75, 3.05) is 26.2 Å². The fourth-order valence-corrected chi connectivity index (χ4v) is 2.85. The molecule has 0 amide bonds. The lowest BCUT2D eigenvalue weighted by Crippen LogP contribution is -2.39. The van der Waals surface area contributed by atoms with Gasteiger partial charge in [0.2, 0.25) is 0 Å². The van der Waals surface area contributed by atoms with Gasteiger partial charge in [-0.15, -0.1) is 0 Å². The summed E-state index contributed by atoms with van der Waals surface area (Å²) in [4.78, 5) is 2.62. The molecule has 2 heteroatoms. The van der Waals surface area contributed by atoms with Crippen molar-refractivity contribution in [3.63, 3.8) is 0 Å². The van der Waals surface area contributed by atoms with E-state index in [9.17, 15) is 0 Å². The van der Waals surface area contributed by atoms with Crippen LogP contribution in [0.1, 0.15) is 44.7 Å². The van der Waals surface area contributed by atoms with Crippen LogP contribution in [0.4, 0.5) is 0 Å². The van der Waals surface area contributed by atoms with Crippen LogP contribution in [0, 0.1) is 5.92 Å². The fourth-order valence-electron chi connectivity index (χ4n) is 2.85. The second kappa shape index (κ2) is 7.66. The summed E-state index contributed by atoms with van der Waals surface area (Å²) in [7, 11) is 0. The Labute approximate surface area is 118 Å². The third-order valence-corrected chi connectivity index (χ3v) is 4.28. The Balaban J connectivity index is 1.93. The molecule has 0 heterocycles. The minimum Gasteiger partial charge on any atom is -0.309 e. The van der Waals surface area contributed by atoms with Crippen molar-refractivity contribution in [2.24, 2.45) is 5.92 Å². The zero-order valence-corrected chi connectivity index (χ0v) is 12.4. The lowest BCUT2D eigenvalue weighted by Gasteiger charge is -2.34. The van der Waals surface area contributed by atoms with Crippen molar-refractivity contribution in [3.8, 4) is 0 Å². The van der Waals surface area contributed by atoms with E-state index in [4.69, 9.17) is 0 Å². The Morgan fingerprint density at radius 3 is 2.47 bits per heavy atom. The Morgan fingerprint density at radius 2 is 1.95 bits per heavy atom. The van der Waals surface area contributed by atoms with Gasteiger partial charge in [-0.05, 0) is 37.4 Å². The number of likely N-dealkylation sites (N-methyl/N-ethyl adjacent to an activating group) is 2. The molecule has 1 unspecified atom stereocenters. The van der Waals surface area contributed by atoms with Gasteiger partial charge in [0.05, 0.1) is 0 Å². The predicted octanol–water partition coefficient (Wildman–Crippen LogP) is 3.46. The van der Waals surface area contributed by atoms with Crippen LogP contribution in [0.25, 0.3) is 0 Å². The summed E-state index contributed by atoms with van der Waals surface area (Å²) in [5, 5.41) is 3.63. The quantitative estimate of drug-likeness (QED) is 0.770. The zero-order chi connectivity index (χ0) is 13.5. The predicted molar refractivity (Wildman–Crippen MR) is 82.3 cm³/mol. The lowest BCUT2D eigenvalue weighted by atomic mass is 9.85. The average Bonchev–Trinajstić information content (AvgIpc) is 2.41. The smallest absolute Gasteiger partial charge is 0.0449 e. The number of hydrogen-bond acceptors (Lipinski definition) is 2. The Hall–Kier alpha value is -0.860. The number of rotatable bonds is 8. The van der Waals surface area contributed by atoms with Crippen LogP contribution in [-0.4, -0.2) is 31.1 Å². The molecule has 0 saturated heterocycles. The van der Waals surface area contributed by atoms with E-state index >= 15 is 0 Å². The minimum absolute atomic E-state index is 0.464. The van der Waals surface area contributed by atoms with Crippen LogP contribution < -0.4 is 5.32 Å². The molecule has 1 N–H and O–H groups in total. The molecular formula is C17H28N2. The molecule has 0 aliphatic heterocycles. The van der Waals surface area contributed by atoms with E-state index in [-0.39, 0.29) is 0 Å². The molecule has 19 heavy (non-hydrogen) atoms. The van der Waals surface area contributed by atoms with Gasteiger partial charge in [0.1, 0.15) is 0 Å². The monoisotopic (exact) mass is 260 g/mol. The Bertz CT molecular complexity index is 346. The lowest BCUT2D eigenvalue weighted by molar-refractivity contribution is 0.170. The SMILES string of the molecule is CCNC(CN(CC)CC1CCC1)c1ccccc1. The number of hydrogen-bond donors (Lipinski definition) is 1. The summed E-state index contributed by atoms with van der Waals surface area (Å²) in [5.41, 5.74) is 1.41. The highest BCUT2D eigenvalue weighted by Crippen LogP contribution is 2.27. The Kier molecular flexibility index (Phi) is 5.87. The summed E-state index contributed by atoms with van der Waals surface area (Å²) in [6.07, 6.45) is 4.32. The second-order valence-electron chi connectivity index (χ2n) is 5.67. The third kappa shape index (κ3) is 4.32. The van der Waals surface area contributed by atoms with Gasteiger partial charge in [0.25, 0.3) is 0 Å². The van der Waals surface area contributed by atoms with Crippen molar-refractivity contribution in [2.45, 2.75) is 39.2 Å². The van der Waals surface area contributed by atoms with E-state index in [1.165, 1.54) is 31.4 Å². The Morgan fingerprint density at radius 1 is 1.21 bits per heavy atom. The van der Waals surface area contributed by atoms with E-state index < -0.39 is 0 Å². The van der Waals surface area contributed by atoms with Gasteiger partial charge >= 0.3 is 0 Å². The van der Waals surface area contributed by atoms with Crippen LogP contribution in [0.15, 0.2) is 30.3 Å². The van der Waals surface area contributed by atoms with E-state index in [0.29, 0.717) is 6.04 Å². The van der Waals surface area contributed by atoms with Crippen molar-refractivity contribution in [1.29, 1.82) is 0 Å². The molecule has 106 valence electrons. The topological polar surface area (TPSA) is 15.3 Å². The normalized spacial score (nSPS) is 17.4. The molecule has 2 rings (SSSR count). The molecule has 0 aromatic heterocycles. The number of nitrogens with one attached hydrogen (secondary N) is 1. The first kappa shape index (κ1) is 14.5. The molecule has 2 nitrogen and oxygen atoms in total. The van der Waals surface area contributed by atoms with E-state index in [0.717, 1.165) is 25.6 Å². The highest BCUT2D eigenvalue weighted by atomic mass is 15.1. The molecule has 0 bridgehead atoms. The summed E-state index contributed by atoms with van der Waals surface area (Å²) in [6.45, 7) is 9.08. The first-order chi connectivity index (χ1) is 9.33. The van der Waals surface area contributed by atoms with Crippen LogP contribution in [0.2, 0.25) is 0 Å². The summed E-state index contributed by atoms with van der Waals surface area (Å²) in [6, 6.07) is 11.3. The zero-order valence-electron chi connectivity index (χ0n) is 12.4. The van der Waals surface area contributed by atoms with Gasteiger partial charge in [-0.1, -0.05) is 50.6 Å². The summed E-state index contributed by atoms with van der Waals surface area (Å²) >= 11 is 0. The maximum atomic E-state index is 3.63. The molecular weight excluding hydrogens is 232 g/mol. The van der Waals surface area contributed by atoms with Gasteiger partial charge in [-0.2, -0.15) is 0 Å².